The lowest BCUT2D eigenvalue weighted by Crippen LogP contribution is -2.26. The highest BCUT2D eigenvalue weighted by Crippen LogP contribution is 2.41. The highest BCUT2D eigenvalue weighted by molar-refractivity contribution is 7.88. The predicted molar refractivity (Wildman–Crippen MR) is 108 cm³/mol. The van der Waals surface area contributed by atoms with Gasteiger partial charge in [-0.1, -0.05) is 12.1 Å². The number of hydrogen-bond acceptors (Lipinski definition) is 6. The number of methoxy groups -OCH3 is 2. The maximum atomic E-state index is 12.4. The van der Waals surface area contributed by atoms with E-state index in [0.717, 1.165) is 21.8 Å². The van der Waals surface area contributed by atoms with Crippen molar-refractivity contribution in [2.75, 3.05) is 27.1 Å². The topological polar surface area (TPSA) is 77.4 Å². The molecule has 0 saturated heterocycles. The van der Waals surface area contributed by atoms with Gasteiger partial charge in [-0.25, -0.2) is 8.42 Å². The van der Waals surface area contributed by atoms with Crippen LogP contribution < -0.4 is 14.2 Å². The second-order valence-corrected chi connectivity index (χ2v) is 8.18. The van der Waals surface area contributed by atoms with Crippen molar-refractivity contribution in [2.24, 2.45) is 5.10 Å². The summed E-state index contributed by atoms with van der Waals surface area (Å²) in [5.41, 5.74) is 2.16. The maximum Gasteiger partial charge on any atom is 0.247 e. The molecule has 0 aromatic heterocycles. The van der Waals surface area contributed by atoms with Crippen LogP contribution in [0.15, 0.2) is 47.6 Å². The molecule has 28 heavy (non-hydrogen) atoms. The molecule has 0 saturated carbocycles. The van der Waals surface area contributed by atoms with Crippen LogP contribution in [0, 0.1) is 0 Å². The van der Waals surface area contributed by atoms with Gasteiger partial charge in [-0.3, -0.25) is 0 Å². The molecule has 1 unspecified atom stereocenters. The van der Waals surface area contributed by atoms with Gasteiger partial charge in [0.25, 0.3) is 0 Å². The fourth-order valence-electron chi connectivity index (χ4n) is 3.27. The predicted octanol–water partition coefficient (Wildman–Crippen LogP) is 3.21. The minimum absolute atomic E-state index is 0.403. The lowest BCUT2D eigenvalue weighted by atomic mass is 9.98. The van der Waals surface area contributed by atoms with Gasteiger partial charge in [0.2, 0.25) is 10.0 Å². The third kappa shape index (κ3) is 3.91. The lowest BCUT2D eigenvalue weighted by molar-refractivity contribution is 0.339. The first-order valence-electron chi connectivity index (χ1n) is 8.90. The highest BCUT2D eigenvalue weighted by Gasteiger charge is 2.37. The molecule has 1 heterocycles. The van der Waals surface area contributed by atoms with Gasteiger partial charge >= 0.3 is 0 Å². The zero-order valence-corrected chi connectivity index (χ0v) is 17.2. The molecule has 0 aliphatic carbocycles. The molecular formula is C20H24N2O5S. The molecule has 2 aromatic rings. The summed E-state index contributed by atoms with van der Waals surface area (Å²) in [7, 11) is -0.474. The van der Waals surface area contributed by atoms with E-state index in [9.17, 15) is 8.42 Å². The zero-order chi connectivity index (χ0) is 20.3. The molecule has 0 fully saturated rings. The number of rotatable bonds is 7. The van der Waals surface area contributed by atoms with Crippen LogP contribution in [0.4, 0.5) is 0 Å². The summed E-state index contributed by atoms with van der Waals surface area (Å²) in [5, 5.41) is 4.44. The molecule has 1 atom stereocenters. The average Bonchev–Trinajstić information content (AvgIpc) is 3.13. The third-order valence-electron chi connectivity index (χ3n) is 4.51. The van der Waals surface area contributed by atoms with E-state index in [1.165, 1.54) is 0 Å². The SMILES string of the molecule is CCOc1ccccc1C1=NN(S(C)(=O)=O)C(c2ccc(OC)cc2OC)C1. The first-order valence-corrected chi connectivity index (χ1v) is 10.7. The molecule has 3 rings (SSSR count). The Labute approximate surface area is 165 Å². The van der Waals surface area contributed by atoms with Crippen LogP contribution >= 0.6 is 0 Å². The van der Waals surface area contributed by atoms with Gasteiger partial charge in [0.1, 0.15) is 17.2 Å². The van der Waals surface area contributed by atoms with E-state index in [2.05, 4.69) is 5.10 Å². The maximum absolute atomic E-state index is 12.4. The number of hydrogen-bond donors (Lipinski definition) is 0. The lowest BCUT2D eigenvalue weighted by Gasteiger charge is -2.23. The molecule has 8 heteroatoms. The van der Waals surface area contributed by atoms with Crippen molar-refractivity contribution >= 4 is 15.7 Å². The average molecular weight is 404 g/mol. The van der Waals surface area contributed by atoms with Crippen LogP contribution in [0.5, 0.6) is 17.2 Å². The molecule has 0 spiro atoms. The Balaban J connectivity index is 2.06. The summed E-state index contributed by atoms with van der Waals surface area (Å²) in [6, 6.07) is 12.3. The van der Waals surface area contributed by atoms with Gasteiger partial charge in [-0.05, 0) is 31.2 Å². The van der Waals surface area contributed by atoms with Gasteiger partial charge in [0.15, 0.2) is 0 Å². The summed E-state index contributed by atoms with van der Waals surface area (Å²) < 4.78 is 42.5. The molecule has 0 bridgehead atoms. The first kappa shape index (κ1) is 20.0. The summed E-state index contributed by atoms with van der Waals surface area (Å²) in [6.45, 7) is 2.41. The van der Waals surface area contributed by atoms with Crippen molar-refractivity contribution in [2.45, 2.75) is 19.4 Å². The largest absolute Gasteiger partial charge is 0.497 e. The molecule has 1 aliphatic rings. The van der Waals surface area contributed by atoms with Crippen molar-refractivity contribution in [1.29, 1.82) is 0 Å². The number of sulfonamides is 1. The van der Waals surface area contributed by atoms with Crippen LogP contribution in [0.2, 0.25) is 0 Å². The van der Waals surface area contributed by atoms with E-state index in [1.807, 2.05) is 37.3 Å². The van der Waals surface area contributed by atoms with E-state index < -0.39 is 16.1 Å². The van der Waals surface area contributed by atoms with Crippen LogP contribution in [0.25, 0.3) is 0 Å². The Kier molecular flexibility index (Phi) is 5.79. The van der Waals surface area contributed by atoms with E-state index in [-0.39, 0.29) is 0 Å². The van der Waals surface area contributed by atoms with E-state index >= 15 is 0 Å². The van der Waals surface area contributed by atoms with Crippen molar-refractivity contribution < 1.29 is 22.6 Å². The van der Waals surface area contributed by atoms with Gasteiger partial charge in [-0.15, -0.1) is 0 Å². The second-order valence-electron chi connectivity index (χ2n) is 6.34. The Morgan fingerprint density at radius 3 is 2.50 bits per heavy atom. The molecule has 2 aromatic carbocycles. The van der Waals surface area contributed by atoms with Gasteiger partial charge in [0.05, 0.1) is 38.8 Å². The van der Waals surface area contributed by atoms with Crippen LogP contribution in [0.1, 0.15) is 30.5 Å². The monoisotopic (exact) mass is 404 g/mol. The molecule has 150 valence electrons. The fourth-order valence-corrected chi connectivity index (χ4v) is 4.17. The zero-order valence-electron chi connectivity index (χ0n) is 16.4. The first-order chi connectivity index (χ1) is 13.4. The molecule has 7 nitrogen and oxygen atoms in total. The highest BCUT2D eigenvalue weighted by atomic mass is 32.2. The Hall–Kier alpha value is -2.74. The normalized spacial score (nSPS) is 16.6. The van der Waals surface area contributed by atoms with E-state index in [0.29, 0.717) is 36.0 Å². The summed E-state index contributed by atoms with van der Waals surface area (Å²) in [5.74, 6) is 1.86. The van der Waals surface area contributed by atoms with Gasteiger partial charge in [0, 0.05) is 23.6 Å². The van der Waals surface area contributed by atoms with Crippen molar-refractivity contribution in [1.82, 2.24) is 4.41 Å². The van der Waals surface area contributed by atoms with Gasteiger partial charge < -0.3 is 14.2 Å². The summed E-state index contributed by atoms with van der Waals surface area (Å²) in [6.07, 6.45) is 1.55. The van der Waals surface area contributed by atoms with E-state index in [4.69, 9.17) is 14.2 Å². The number of para-hydroxylation sites is 1. The third-order valence-corrected chi connectivity index (χ3v) is 5.53. The quantitative estimate of drug-likeness (QED) is 0.708. The minimum Gasteiger partial charge on any atom is -0.497 e. The number of ether oxygens (including phenoxy) is 3. The van der Waals surface area contributed by atoms with Crippen molar-refractivity contribution in [3.63, 3.8) is 0 Å². The summed E-state index contributed by atoms with van der Waals surface area (Å²) in [4.78, 5) is 0. The van der Waals surface area contributed by atoms with E-state index in [1.54, 1.807) is 26.4 Å². The molecular weight excluding hydrogens is 380 g/mol. The van der Waals surface area contributed by atoms with Crippen LogP contribution in [-0.4, -0.2) is 45.6 Å². The number of benzene rings is 2. The van der Waals surface area contributed by atoms with Gasteiger partial charge in [-0.2, -0.15) is 9.52 Å². The summed E-state index contributed by atoms with van der Waals surface area (Å²) >= 11 is 0. The molecule has 0 N–H and O–H groups in total. The standard InChI is InChI=1S/C20H24N2O5S/c1-5-27-19-9-7-6-8-15(19)17-13-18(22(21-17)28(4,23)24)16-11-10-14(25-2)12-20(16)26-3/h6-12,18H,5,13H2,1-4H3. The van der Waals surface area contributed by atoms with Crippen molar-refractivity contribution in [3.8, 4) is 17.2 Å². The van der Waals surface area contributed by atoms with Crippen LogP contribution in [0.3, 0.4) is 0 Å². The number of hydrazone groups is 1. The molecule has 1 aliphatic heterocycles. The Morgan fingerprint density at radius 2 is 1.86 bits per heavy atom. The van der Waals surface area contributed by atoms with Crippen LogP contribution in [-0.2, 0) is 10.0 Å². The number of nitrogens with zero attached hydrogens (tertiary/aromatic N) is 2. The second kappa shape index (κ2) is 8.10. The molecule has 0 amide bonds. The Bertz CT molecular complexity index is 988. The van der Waals surface area contributed by atoms with Crippen molar-refractivity contribution in [3.05, 3.63) is 53.6 Å². The molecule has 0 radical (unpaired) electrons. The fraction of sp³-hybridized carbons (Fsp3) is 0.350. The Morgan fingerprint density at radius 1 is 1.11 bits per heavy atom. The minimum atomic E-state index is -3.59. The smallest absolute Gasteiger partial charge is 0.247 e.